The van der Waals surface area contributed by atoms with Crippen molar-refractivity contribution in [2.45, 2.75) is 6.61 Å². The van der Waals surface area contributed by atoms with Gasteiger partial charge in [-0.25, -0.2) is 0 Å². The molecule has 2 heterocycles. The number of fused-ring (bicyclic) bond motifs is 1. The Morgan fingerprint density at radius 2 is 2.28 bits per heavy atom. The van der Waals surface area contributed by atoms with Crippen LogP contribution in [0.3, 0.4) is 0 Å². The molecule has 0 radical (unpaired) electrons. The lowest BCUT2D eigenvalue weighted by atomic mass is 10.0. The van der Waals surface area contributed by atoms with Gasteiger partial charge in [0.05, 0.1) is 19.3 Å². The number of nitrogen functional groups attached to an aromatic ring is 1. The van der Waals surface area contributed by atoms with E-state index in [0.717, 1.165) is 16.9 Å². The molecule has 0 amide bonds. The molecule has 1 aromatic carbocycles. The molecule has 1 aliphatic rings. The van der Waals surface area contributed by atoms with Crippen molar-refractivity contribution in [2.75, 3.05) is 19.6 Å². The minimum Gasteiger partial charge on any atom is -0.496 e. The van der Waals surface area contributed by atoms with E-state index in [-0.39, 0.29) is 12.7 Å². The molecule has 0 bridgehead atoms. The predicted molar refractivity (Wildman–Crippen MR) is 63.2 cm³/mol. The fourth-order valence-corrected chi connectivity index (χ4v) is 1.99. The molecule has 0 saturated heterocycles. The Kier molecular flexibility index (Phi) is 2.56. The molecule has 1 aromatic heterocycles. The minimum atomic E-state index is 0.250. The number of aromatic nitrogens is 1. The Labute approximate surface area is 103 Å². The van der Waals surface area contributed by atoms with Crippen molar-refractivity contribution < 1.29 is 18.7 Å². The van der Waals surface area contributed by atoms with Crippen LogP contribution in [0, 0.1) is 0 Å². The Bertz CT molecular complexity index is 579. The van der Waals surface area contributed by atoms with Crippen molar-refractivity contribution in [1.82, 2.24) is 5.16 Å². The van der Waals surface area contributed by atoms with Gasteiger partial charge in [0.1, 0.15) is 17.2 Å². The normalized spacial score (nSPS) is 13.8. The summed E-state index contributed by atoms with van der Waals surface area (Å²) < 4.78 is 21.0. The Morgan fingerprint density at radius 3 is 3.00 bits per heavy atom. The molecule has 94 valence electrons. The molecule has 3 rings (SSSR count). The van der Waals surface area contributed by atoms with Gasteiger partial charge in [0.25, 0.3) is 0 Å². The fourth-order valence-electron chi connectivity index (χ4n) is 1.99. The third-order valence-electron chi connectivity index (χ3n) is 2.78. The van der Waals surface area contributed by atoms with Crippen LogP contribution >= 0.6 is 0 Å². The maximum Gasteiger partial charge on any atom is 0.222 e. The number of rotatable bonds is 2. The number of hydrogen-bond acceptors (Lipinski definition) is 6. The van der Waals surface area contributed by atoms with Crippen LogP contribution in [0.25, 0.3) is 11.3 Å². The van der Waals surface area contributed by atoms with E-state index in [1.807, 2.05) is 12.1 Å². The number of nitrogens with two attached hydrogens (primary N) is 1. The molecular weight excluding hydrogens is 236 g/mol. The topological polar surface area (TPSA) is 79.7 Å². The van der Waals surface area contributed by atoms with Crippen LogP contribution in [0.15, 0.2) is 22.7 Å². The standard InChI is InChI=1S/C12H12N2O4/c1-15-10-3-2-9-7(5-16-6-17-9)12(10)8-4-11(13)18-14-8/h2-4H,5-6,13H2,1H3. The molecule has 0 atom stereocenters. The molecule has 6 heteroatoms. The van der Waals surface area contributed by atoms with E-state index in [1.54, 1.807) is 13.2 Å². The number of methoxy groups -OCH3 is 1. The van der Waals surface area contributed by atoms with E-state index in [9.17, 15) is 0 Å². The highest BCUT2D eigenvalue weighted by Crippen LogP contribution is 2.40. The van der Waals surface area contributed by atoms with E-state index in [1.165, 1.54) is 0 Å². The van der Waals surface area contributed by atoms with Crippen LogP contribution in [0.4, 0.5) is 5.88 Å². The zero-order valence-corrected chi connectivity index (χ0v) is 9.80. The van der Waals surface area contributed by atoms with Gasteiger partial charge < -0.3 is 24.5 Å². The highest BCUT2D eigenvalue weighted by Gasteiger charge is 2.22. The summed E-state index contributed by atoms with van der Waals surface area (Å²) >= 11 is 0. The molecule has 0 fully saturated rings. The first kappa shape index (κ1) is 10.9. The van der Waals surface area contributed by atoms with Crippen molar-refractivity contribution in [3.05, 3.63) is 23.8 Å². The Hall–Kier alpha value is -2.21. The second-order valence-corrected chi connectivity index (χ2v) is 3.84. The molecule has 0 saturated carbocycles. The fraction of sp³-hybridized carbons (Fsp3) is 0.250. The molecule has 2 N–H and O–H groups in total. The van der Waals surface area contributed by atoms with Crippen LogP contribution < -0.4 is 15.2 Å². The average Bonchev–Trinajstić information content (AvgIpc) is 2.83. The summed E-state index contributed by atoms with van der Waals surface area (Å²) in [6, 6.07) is 5.32. The van der Waals surface area contributed by atoms with E-state index in [0.29, 0.717) is 18.1 Å². The van der Waals surface area contributed by atoms with E-state index in [2.05, 4.69) is 5.16 Å². The van der Waals surface area contributed by atoms with Gasteiger partial charge in [-0.1, -0.05) is 5.16 Å². The first-order chi connectivity index (χ1) is 8.79. The minimum absolute atomic E-state index is 0.250. The summed E-state index contributed by atoms with van der Waals surface area (Å²) in [6.45, 7) is 0.689. The number of nitrogens with zero attached hydrogens (tertiary/aromatic N) is 1. The second-order valence-electron chi connectivity index (χ2n) is 3.84. The van der Waals surface area contributed by atoms with Crippen molar-refractivity contribution in [3.8, 4) is 22.8 Å². The van der Waals surface area contributed by atoms with Gasteiger partial charge in [-0.2, -0.15) is 0 Å². The summed E-state index contributed by atoms with van der Waals surface area (Å²) in [5, 5.41) is 3.91. The molecule has 6 nitrogen and oxygen atoms in total. The van der Waals surface area contributed by atoms with Crippen LogP contribution in [0.5, 0.6) is 11.5 Å². The molecule has 0 spiro atoms. The Morgan fingerprint density at radius 1 is 1.39 bits per heavy atom. The molecule has 18 heavy (non-hydrogen) atoms. The van der Waals surface area contributed by atoms with Crippen LogP contribution in [0.1, 0.15) is 5.56 Å². The monoisotopic (exact) mass is 248 g/mol. The second kappa shape index (κ2) is 4.23. The lowest BCUT2D eigenvalue weighted by Crippen LogP contribution is -2.12. The Balaban J connectivity index is 2.21. The molecule has 2 aromatic rings. The van der Waals surface area contributed by atoms with E-state index in [4.69, 9.17) is 24.5 Å². The molecule has 0 unspecified atom stereocenters. The van der Waals surface area contributed by atoms with Crippen LogP contribution in [-0.4, -0.2) is 19.1 Å². The zero-order chi connectivity index (χ0) is 12.5. The predicted octanol–water partition coefficient (Wildman–Crippen LogP) is 1.80. The summed E-state index contributed by atoms with van der Waals surface area (Å²) in [7, 11) is 1.60. The van der Waals surface area contributed by atoms with Gasteiger partial charge >= 0.3 is 0 Å². The largest absolute Gasteiger partial charge is 0.496 e. The molecular formula is C12H12N2O4. The number of ether oxygens (including phenoxy) is 3. The van der Waals surface area contributed by atoms with Crippen molar-refractivity contribution >= 4 is 5.88 Å². The van der Waals surface area contributed by atoms with E-state index < -0.39 is 0 Å². The van der Waals surface area contributed by atoms with Gasteiger partial charge in [0.2, 0.25) is 5.88 Å². The quantitative estimate of drug-likeness (QED) is 0.872. The third kappa shape index (κ3) is 1.67. The zero-order valence-electron chi connectivity index (χ0n) is 9.80. The highest BCUT2D eigenvalue weighted by molar-refractivity contribution is 5.75. The first-order valence-corrected chi connectivity index (χ1v) is 5.42. The molecule has 0 aliphatic carbocycles. The first-order valence-electron chi connectivity index (χ1n) is 5.42. The van der Waals surface area contributed by atoms with Gasteiger partial charge in [-0.15, -0.1) is 0 Å². The number of anilines is 1. The summed E-state index contributed by atoms with van der Waals surface area (Å²) in [4.78, 5) is 0. The smallest absolute Gasteiger partial charge is 0.222 e. The summed E-state index contributed by atoms with van der Waals surface area (Å²) in [5.74, 6) is 1.69. The average molecular weight is 248 g/mol. The van der Waals surface area contributed by atoms with Crippen molar-refractivity contribution in [3.63, 3.8) is 0 Å². The van der Waals surface area contributed by atoms with Gasteiger partial charge in [-0.3, -0.25) is 0 Å². The van der Waals surface area contributed by atoms with Crippen LogP contribution in [0.2, 0.25) is 0 Å². The summed E-state index contributed by atoms with van der Waals surface area (Å²) in [5.41, 5.74) is 7.83. The molecule has 1 aliphatic heterocycles. The summed E-state index contributed by atoms with van der Waals surface area (Å²) in [6.07, 6.45) is 0. The third-order valence-corrected chi connectivity index (χ3v) is 2.78. The maximum absolute atomic E-state index is 5.55. The highest BCUT2D eigenvalue weighted by atomic mass is 16.7. The van der Waals surface area contributed by atoms with Crippen molar-refractivity contribution in [1.29, 1.82) is 0 Å². The lowest BCUT2D eigenvalue weighted by Gasteiger charge is -2.21. The SMILES string of the molecule is COc1ccc2c(c1-c1cc(N)on1)COCO2. The number of benzene rings is 1. The number of hydrogen-bond donors (Lipinski definition) is 1. The maximum atomic E-state index is 5.55. The van der Waals surface area contributed by atoms with Gasteiger partial charge in [0.15, 0.2) is 6.79 Å². The van der Waals surface area contributed by atoms with Gasteiger partial charge in [0, 0.05) is 11.6 Å². The van der Waals surface area contributed by atoms with Crippen LogP contribution in [-0.2, 0) is 11.3 Å². The van der Waals surface area contributed by atoms with Gasteiger partial charge in [-0.05, 0) is 12.1 Å². The van der Waals surface area contributed by atoms with E-state index >= 15 is 0 Å². The van der Waals surface area contributed by atoms with Crippen molar-refractivity contribution in [2.24, 2.45) is 0 Å². The lowest BCUT2D eigenvalue weighted by molar-refractivity contribution is -0.0161.